The van der Waals surface area contributed by atoms with E-state index in [2.05, 4.69) is 5.32 Å². The summed E-state index contributed by atoms with van der Waals surface area (Å²) in [5.74, 6) is 0.717. The second-order valence-electron chi connectivity index (χ2n) is 6.62. The predicted molar refractivity (Wildman–Crippen MR) is 112 cm³/mol. The van der Waals surface area contributed by atoms with Crippen LogP contribution in [-0.2, 0) is 16.6 Å². The monoisotopic (exact) mass is 440 g/mol. The van der Waals surface area contributed by atoms with Gasteiger partial charge in [-0.25, -0.2) is 8.42 Å². The number of nitrogens with one attached hydrogen (secondary N) is 1. The van der Waals surface area contributed by atoms with Crippen molar-refractivity contribution < 1.29 is 22.7 Å². The van der Waals surface area contributed by atoms with Gasteiger partial charge in [0.05, 0.1) is 29.7 Å². The Bertz CT molecular complexity index is 992. The Morgan fingerprint density at radius 2 is 1.83 bits per heavy atom. The Labute approximate surface area is 176 Å². The molecule has 2 aromatic carbocycles. The quantitative estimate of drug-likeness (QED) is 0.680. The topological polar surface area (TPSA) is 84.9 Å². The molecule has 0 saturated heterocycles. The zero-order valence-electron chi connectivity index (χ0n) is 17.0. The summed E-state index contributed by atoms with van der Waals surface area (Å²) < 4.78 is 37.2. The summed E-state index contributed by atoms with van der Waals surface area (Å²) in [6, 6.07) is 9.09. The average molecular weight is 441 g/mol. The second-order valence-corrected chi connectivity index (χ2v) is 9.02. The van der Waals surface area contributed by atoms with Crippen molar-refractivity contribution in [3.63, 3.8) is 0 Å². The molecule has 158 valence electrons. The lowest BCUT2D eigenvalue weighted by Gasteiger charge is -2.21. The van der Waals surface area contributed by atoms with Crippen molar-refractivity contribution >= 4 is 27.5 Å². The summed E-state index contributed by atoms with van der Waals surface area (Å²) in [6.07, 6.45) is 0. The Morgan fingerprint density at radius 1 is 1.14 bits per heavy atom. The fourth-order valence-electron chi connectivity index (χ4n) is 2.57. The lowest BCUT2D eigenvalue weighted by atomic mass is 10.1. The highest BCUT2D eigenvalue weighted by Gasteiger charge is 2.25. The molecule has 0 bridgehead atoms. The van der Waals surface area contributed by atoms with Gasteiger partial charge in [0.25, 0.3) is 5.91 Å². The van der Waals surface area contributed by atoms with Crippen LogP contribution in [-0.4, -0.2) is 45.9 Å². The summed E-state index contributed by atoms with van der Waals surface area (Å²) in [7, 11) is 0.827. The fraction of sp³-hybridized carbons (Fsp3) is 0.350. The molecule has 1 amide bonds. The molecule has 0 unspecified atom stereocenters. The number of methoxy groups -OCH3 is 2. The molecule has 2 rings (SSSR count). The first kappa shape index (κ1) is 23.0. The van der Waals surface area contributed by atoms with E-state index in [1.807, 2.05) is 0 Å². The third-order valence-electron chi connectivity index (χ3n) is 4.51. The first-order valence-corrected chi connectivity index (χ1v) is 10.7. The molecule has 0 spiro atoms. The number of amides is 1. The maximum atomic E-state index is 12.7. The third kappa shape index (κ3) is 5.20. The van der Waals surface area contributed by atoms with Crippen molar-refractivity contribution in [3.05, 3.63) is 52.5 Å². The molecule has 9 heteroatoms. The van der Waals surface area contributed by atoms with Gasteiger partial charge in [-0.1, -0.05) is 11.6 Å². The van der Waals surface area contributed by atoms with E-state index >= 15 is 0 Å². The van der Waals surface area contributed by atoms with E-state index in [4.69, 9.17) is 21.1 Å². The normalized spacial score (nSPS) is 11.6. The van der Waals surface area contributed by atoms with Gasteiger partial charge < -0.3 is 14.8 Å². The molecule has 0 heterocycles. The number of hydrogen-bond acceptors (Lipinski definition) is 5. The molecule has 0 saturated carbocycles. The molecule has 0 fully saturated rings. The smallest absolute Gasteiger partial charge is 0.253 e. The minimum absolute atomic E-state index is 0.00205. The number of benzene rings is 2. The molecule has 29 heavy (non-hydrogen) atoms. The Morgan fingerprint density at radius 3 is 2.41 bits per heavy atom. The van der Waals surface area contributed by atoms with E-state index < -0.39 is 15.9 Å². The van der Waals surface area contributed by atoms with Gasteiger partial charge in [0.1, 0.15) is 11.5 Å². The number of hydrogen-bond donors (Lipinski definition) is 1. The number of rotatable bonds is 8. The zero-order chi connectivity index (χ0) is 21.8. The van der Waals surface area contributed by atoms with Gasteiger partial charge in [0, 0.05) is 25.2 Å². The molecule has 1 N–H and O–H groups in total. The van der Waals surface area contributed by atoms with Crippen LogP contribution in [0.15, 0.2) is 41.3 Å². The molecule has 0 atom stereocenters. The predicted octanol–water partition coefficient (Wildman–Crippen LogP) is 3.32. The molecule has 2 aromatic rings. The molecule has 0 aromatic heterocycles. The van der Waals surface area contributed by atoms with Gasteiger partial charge in [-0.2, -0.15) is 4.31 Å². The standard InChI is InChI=1S/C20H25ClN2O5S/c1-13(2)23(3)29(25,26)16-7-8-18(21)17(11-16)20(24)22-12-14-10-15(27-4)6-9-19(14)28-5/h6-11,13H,12H2,1-5H3,(H,22,24). The van der Waals surface area contributed by atoms with E-state index in [-0.39, 0.29) is 28.1 Å². The SMILES string of the molecule is COc1ccc(OC)c(CNC(=O)c2cc(S(=O)(=O)N(C)C(C)C)ccc2Cl)c1. The largest absolute Gasteiger partial charge is 0.497 e. The number of halogens is 1. The summed E-state index contributed by atoms with van der Waals surface area (Å²) >= 11 is 6.16. The minimum atomic E-state index is -3.74. The first-order valence-electron chi connectivity index (χ1n) is 8.88. The minimum Gasteiger partial charge on any atom is -0.497 e. The van der Waals surface area contributed by atoms with Crippen LogP contribution in [0.3, 0.4) is 0 Å². The van der Waals surface area contributed by atoms with Crippen LogP contribution < -0.4 is 14.8 Å². The highest BCUT2D eigenvalue weighted by Crippen LogP contribution is 2.25. The summed E-state index contributed by atoms with van der Waals surface area (Å²) in [4.78, 5) is 12.7. The molecular formula is C20H25ClN2O5S. The Kier molecular flexibility index (Phi) is 7.51. The van der Waals surface area contributed by atoms with E-state index in [1.54, 1.807) is 39.2 Å². The molecule has 0 aliphatic heterocycles. The van der Waals surface area contributed by atoms with Crippen LogP contribution in [0.1, 0.15) is 29.8 Å². The summed E-state index contributed by atoms with van der Waals surface area (Å²) in [6.45, 7) is 3.68. The van der Waals surface area contributed by atoms with Gasteiger partial charge in [-0.05, 0) is 50.2 Å². The van der Waals surface area contributed by atoms with Gasteiger partial charge in [-0.3, -0.25) is 4.79 Å². The third-order valence-corrected chi connectivity index (χ3v) is 6.87. The average Bonchev–Trinajstić information content (AvgIpc) is 2.71. The van der Waals surface area contributed by atoms with E-state index in [9.17, 15) is 13.2 Å². The van der Waals surface area contributed by atoms with Crippen molar-refractivity contribution in [1.29, 1.82) is 0 Å². The second kappa shape index (κ2) is 9.47. The van der Waals surface area contributed by atoms with Crippen molar-refractivity contribution in [2.24, 2.45) is 0 Å². The van der Waals surface area contributed by atoms with Crippen LogP contribution in [0.2, 0.25) is 5.02 Å². The van der Waals surface area contributed by atoms with Crippen LogP contribution in [0.5, 0.6) is 11.5 Å². The number of sulfonamides is 1. The number of carbonyl (C=O) groups excluding carboxylic acids is 1. The maximum absolute atomic E-state index is 12.7. The van der Waals surface area contributed by atoms with Crippen molar-refractivity contribution in [2.75, 3.05) is 21.3 Å². The molecule has 0 aliphatic carbocycles. The highest BCUT2D eigenvalue weighted by atomic mass is 35.5. The maximum Gasteiger partial charge on any atom is 0.253 e. The lowest BCUT2D eigenvalue weighted by Crippen LogP contribution is -2.33. The van der Waals surface area contributed by atoms with Crippen molar-refractivity contribution in [3.8, 4) is 11.5 Å². The van der Waals surface area contributed by atoms with E-state index in [1.165, 1.54) is 36.7 Å². The molecule has 7 nitrogen and oxygen atoms in total. The lowest BCUT2D eigenvalue weighted by molar-refractivity contribution is 0.0950. The Hall–Kier alpha value is -2.29. The fourth-order valence-corrected chi connectivity index (χ4v) is 4.17. The van der Waals surface area contributed by atoms with E-state index in [0.717, 1.165) is 0 Å². The summed E-state index contributed by atoms with van der Waals surface area (Å²) in [5, 5.41) is 2.90. The van der Waals surface area contributed by atoms with Crippen molar-refractivity contribution in [2.45, 2.75) is 31.3 Å². The van der Waals surface area contributed by atoms with Crippen LogP contribution in [0.4, 0.5) is 0 Å². The molecule has 0 aliphatic rings. The van der Waals surface area contributed by atoms with E-state index in [0.29, 0.717) is 17.1 Å². The number of nitrogens with zero attached hydrogens (tertiary/aromatic N) is 1. The first-order chi connectivity index (χ1) is 13.6. The summed E-state index contributed by atoms with van der Waals surface area (Å²) in [5.41, 5.74) is 0.784. The van der Waals surface area contributed by atoms with Crippen LogP contribution >= 0.6 is 11.6 Å². The van der Waals surface area contributed by atoms with Gasteiger partial charge in [0.2, 0.25) is 10.0 Å². The van der Waals surface area contributed by atoms with Gasteiger partial charge >= 0.3 is 0 Å². The Balaban J connectivity index is 2.28. The molecular weight excluding hydrogens is 416 g/mol. The number of carbonyl (C=O) groups is 1. The number of ether oxygens (including phenoxy) is 2. The van der Waals surface area contributed by atoms with Crippen LogP contribution in [0.25, 0.3) is 0 Å². The highest BCUT2D eigenvalue weighted by molar-refractivity contribution is 7.89. The van der Waals surface area contributed by atoms with Crippen LogP contribution in [0, 0.1) is 0 Å². The van der Waals surface area contributed by atoms with Gasteiger partial charge in [0.15, 0.2) is 0 Å². The van der Waals surface area contributed by atoms with Gasteiger partial charge in [-0.15, -0.1) is 0 Å². The molecule has 0 radical (unpaired) electrons. The van der Waals surface area contributed by atoms with Crippen molar-refractivity contribution in [1.82, 2.24) is 9.62 Å². The zero-order valence-corrected chi connectivity index (χ0v) is 18.6.